The van der Waals surface area contributed by atoms with E-state index in [0.717, 1.165) is 43.0 Å². The molecular weight excluding hydrogens is 266 g/mol. The maximum absolute atomic E-state index is 12.0. The highest BCUT2D eigenvalue weighted by Gasteiger charge is 2.15. The molecule has 2 rings (SSSR count). The maximum atomic E-state index is 12.0. The molecule has 0 atom stereocenters. The van der Waals surface area contributed by atoms with Crippen molar-refractivity contribution in [2.45, 2.75) is 26.7 Å². The quantitative estimate of drug-likeness (QED) is 0.755. The minimum Gasteiger partial charge on any atom is -0.490 e. The van der Waals surface area contributed by atoms with Crippen LogP contribution in [0.4, 0.5) is 0 Å². The molecule has 114 valence electrons. The van der Waals surface area contributed by atoms with E-state index in [0.29, 0.717) is 13.2 Å². The van der Waals surface area contributed by atoms with E-state index >= 15 is 0 Å². The van der Waals surface area contributed by atoms with Gasteiger partial charge in [-0.05, 0) is 50.5 Å². The average Bonchev–Trinajstić information content (AvgIpc) is 3.02. The van der Waals surface area contributed by atoms with Crippen LogP contribution in [-0.2, 0) is 4.79 Å². The zero-order chi connectivity index (χ0) is 15.1. The predicted octanol–water partition coefficient (Wildman–Crippen LogP) is 3.12. The molecule has 21 heavy (non-hydrogen) atoms. The number of hydrogen-bond acceptors (Lipinski definition) is 3. The van der Waals surface area contributed by atoms with Crippen LogP contribution in [0.3, 0.4) is 0 Å². The minimum absolute atomic E-state index is 0.0827. The number of rotatable bonds is 6. The summed E-state index contributed by atoms with van der Waals surface area (Å²) in [5, 5.41) is 0. The monoisotopic (exact) mass is 289 g/mol. The van der Waals surface area contributed by atoms with Gasteiger partial charge in [-0.25, -0.2) is 0 Å². The van der Waals surface area contributed by atoms with Gasteiger partial charge in [-0.1, -0.05) is 6.07 Å². The Morgan fingerprint density at radius 2 is 1.81 bits per heavy atom. The Morgan fingerprint density at radius 3 is 2.48 bits per heavy atom. The lowest BCUT2D eigenvalue weighted by Crippen LogP contribution is -2.25. The van der Waals surface area contributed by atoms with Crippen LogP contribution < -0.4 is 9.47 Å². The molecule has 4 heteroatoms. The zero-order valence-corrected chi connectivity index (χ0v) is 12.8. The third-order valence-corrected chi connectivity index (χ3v) is 3.40. The molecule has 0 N–H and O–H groups in total. The molecule has 1 saturated heterocycles. The van der Waals surface area contributed by atoms with Gasteiger partial charge in [-0.15, -0.1) is 0 Å². The van der Waals surface area contributed by atoms with Crippen molar-refractivity contribution in [1.82, 2.24) is 4.90 Å². The average molecular weight is 289 g/mol. The summed E-state index contributed by atoms with van der Waals surface area (Å²) in [5.74, 6) is 1.54. The first kappa shape index (κ1) is 15.4. The topological polar surface area (TPSA) is 38.8 Å². The Labute approximate surface area is 126 Å². The molecule has 1 fully saturated rings. The molecule has 1 aromatic rings. The number of ether oxygens (including phenoxy) is 2. The number of carbonyl (C=O) groups excluding carboxylic acids is 1. The van der Waals surface area contributed by atoms with Gasteiger partial charge < -0.3 is 14.4 Å². The molecule has 0 saturated carbocycles. The van der Waals surface area contributed by atoms with Gasteiger partial charge in [0.15, 0.2) is 11.5 Å². The van der Waals surface area contributed by atoms with Gasteiger partial charge in [0.25, 0.3) is 0 Å². The number of likely N-dealkylation sites (tertiary alicyclic amines) is 1. The van der Waals surface area contributed by atoms with Gasteiger partial charge in [-0.3, -0.25) is 4.79 Å². The van der Waals surface area contributed by atoms with Crippen LogP contribution in [0.25, 0.3) is 6.08 Å². The lowest BCUT2D eigenvalue weighted by molar-refractivity contribution is -0.124. The van der Waals surface area contributed by atoms with Crippen LogP contribution in [-0.4, -0.2) is 37.1 Å². The van der Waals surface area contributed by atoms with E-state index in [2.05, 4.69) is 0 Å². The molecule has 1 amide bonds. The molecule has 0 bridgehead atoms. The lowest BCUT2D eigenvalue weighted by Gasteiger charge is -2.12. The first-order valence-corrected chi connectivity index (χ1v) is 7.61. The second kappa shape index (κ2) is 7.72. The maximum Gasteiger partial charge on any atom is 0.246 e. The summed E-state index contributed by atoms with van der Waals surface area (Å²) in [7, 11) is 0. The zero-order valence-electron chi connectivity index (χ0n) is 12.8. The van der Waals surface area contributed by atoms with E-state index in [-0.39, 0.29) is 5.91 Å². The first-order chi connectivity index (χ1) is 10.2. The van der Waals surface area contributed by atoms with Crippen LogP contribution in [0.1, 0.15) is 32.3 Å². The van der Waals surface area contributed by atoms with E-state index in [4.69, 9.17) is 9.47 Å². The Balaban J connectivity index is 2.08. The summed E-state index contributed by atoms with van der Waals surface area (Å²) in [6.07, 6.45) is 5.68. The van der Waals surface area contributed by atoms with Crippen molar-refractivity contribution in [3.05, 3.63) is 29.8 Å². The fourth-order valence-electron chi connectivity index (χ4n) is 2.38. The molecule has 0 radical (unpaired) electrons. The minimum atomic E-state index is 0.0827. The molecule has 1 aliphatic rings. The van der Waals surface area contributed by atoms with Crippen LogP contribution in [0, 0.1) is 0 Å². The molecule has 4 nitrogen and oxygen atoms in total. The summed E-state index contributed by atoms with van der Waals surface area (Å²) in [4.78, 5) is 13.9. The first-order valence-electron chi connectivity index (χ1n) is 7.61. The summed E-state index contributed by atoms with van der Waals surface area (Å²) in [6.45, 7) is 6.81. The van der Waals surface area contributed by atoms with E-state index in [1.165, 1.54) is 0 Å². The fourth-order valence-corrected chi connectivity index (χ4v) is 2.38. The van der Waals surface area contributed by atoms with Crippen molar-refractivity contribution in [2.75, 3.05) is 26.3 Å². The summed E-state index contributed by atoms with van der Waals surface area (Å²) >= 11 is 0. The smallest absolute Gasteiger partial charge is 0.246 e. The van der Waals surface area contributed by atoms with E-state index in [1.54, 1.807) is 6.08 Å². The van der Waals surface area contributed by atoms with Gasteiger partial charge >= 0.3 is 0 Å². The predicted molar refractivity (Wildman–Crippen MR) is 83.6 cm³/mol. The highest BCUT2D eigenvalue weighted by molar-refractivity contribution is 5.92. The number of benzene rings is 1. The van der Waals surface area contributed by atoms with Crippen LogP contribution in [0.2, 0.25) is 0 Å². The second-order valence-electron chi connectivity index (χ2n) is 4.94. The highest BCUT2D eigenvalue weighted by Crippen LogP contribution is 2.29. The number of amides is 1. The number of nitrogens with zero attached hydrogens (tertiary/aromatic N) is 1. The standard InChI is InChI=1S/C17H23NO3/c1-3-20-15-9-7-14(13-16(15)21-4-2)8-10-17(19)18-11-5-6-12-18/h7-10,13H,3-6,11-12H2,1-2H3. The normalized spacial score (nSPS) is 14.7. The van der Waals surface area contributed by atoms with Crippen molar-refractivity contribution >= 4 is 12.0 Å². The van der Waals surface area contributed by atoms with Gasteiger partial charge in [0.05, 0.1) is 13.2 Å². The van der Waals surface area contributed by atoms with Gasteiger partial charge in [0.2, 0.25) is 5.91 Å². The van der Waals surface area contributed by atoms with Gasteiger partial charge in [0, 0.05) is 19.2 Å². The molecule has 0 spiro atoms. The third-order valence-electron chi connectivity index (χ3n) is 3.40. The van der Waals surface area contributed by atoms with E-state index in [1.807, 2.05) is 43.0 Å². The Morgan fingerprint density at radius 1 is 1.14 bits per heavy atom. The Hall–Kier alpha value is -1.97. The third kappa shape index (κ3) is 4.25. The van der Waals surface area contributed by atoms with Crippen molar-refractivity contribution in [2.24, 2.45) is 0 Å². The molecular formula is C17H23NO3. The molecule has 1 aromatic carbocycles. The second-order valence-corrected chi connectivity index (χ2v) is 4.94. The Kier molecular flexibility index (Phi) is 5.67. The lowest BCUT2D eigenvalue weighted by atomic mass is 10.2. The van der Waals surface area contributed by atoms with E-state index in [9.17, 15) is 4.79 Å². The number of hydrogen-bond donors (Lipinski definition) is 0. The summed E-state index contributed by atoms with van der Waals surface area (Å²) in [6, 6.07) is 5.72. The summed E-state index contributed by atoms with van der Waals surface area (Å²) < 4.78 is 11.1. The van der Waals surface area contributed by atoms with Gasteiger partial charge in [0.1, 0.15) is 0 Å². The van der Waals surface area contributed by atoms with Crippen molar-refractivity contribution in [1.29, 1.82) is 0 Å². The van der Waals surface area contributed by atoms with Gasteiger partial charge in [-0.2, -0.15) is 0 Å². The molecule has 0 aliphatic carbocycles. The van der Waals surface area contributed by atoms with Crippen LogP contribution >= 0.6 is 0 Å². The SMILES string of the molecule is CCOc1ccc(C=CC(=O)N2CCCC2)cc1OCC. The highest BCUT2D eigenvalue weighted by atomic mass is 16.5. The largest absolute Gasteiger partial charge is 0.490 e. The van der Waals surface area contributed by atoms with Crippen molar-refractivity contribution < 1.29 is 14.3 Å². The van der Waals surface area contributed by atoms with Crippen LogP contribution in [0.15, 0.2) is 24.3 Å². The molecule has 1 heterocycles. The van der Waals surface area contributed by atoms with Crippen molar-refractivity contribution in [3.8, 4) is 11.5 Å². The van der Waals surface area contributed by atoms with Crippen molar-refractivity contribution in [3.63, 3.8) is 0 Å². The van der Waals surface area contributed by atoms with E-state index < -0.39 is 0 Å². The molecule has 1 aliphatic heterocycles. The summed E-state index contributed by atoms with van der Waals surface area (Å²) in [5.41, 5.74) is 0.939. The fraction of sp³-hybridized carbons (Fsp3) is 0.471. The van der Waals surface area contributed by atoms with Crippen LogP contribution in [0.5, 0.6) is 11.5 Å². The molecule has 0 unspecified atom stereocenters. The number of carbonyl (C=O) groups is 1. The Bertz CT molecular complexity index is 505. The molecule has 0 aromatic heterocycles.